The third-order valence-electron chi connectivity index (χ3n) is 2.83. The van der Waals surface area contributed by atoms with Gasteiger partial charge in [-0.1, -0.05) is 29.8 Å². The number of hydrogen-bond acceptors (Lipinski definition) is 4. The predicted molar refractivity (Wildman–Crippen MR) is 85.1 cm³/mol. The second-order valence-corrected chi connectivity index (χ2v) is 6.56. The highest BCUT2D eigenvalue weighted by Gasteiger charge is 2.16. The number of methoxy groups -OCH3 is 1. The second kappa shape index (κ2) is 6.24. The van der Waals surface area contributed by atoms with Crippen molar-refractivity contribution in [1.29, 1.82) is 0 Å². The third kappa shape index (κ3) is 4.03. The van der Waals surface area contributed by atoms with E-state index < -0.39 is 10.0 Å². The van der Waals surface area contributed by atoms with Crippen molar-refractivity contribution in [3.05, 3.63) is 53.1 Å². The number of ether oxygens (including phenoxy) is 1. The van der Waals surface area contributed by atoms with E-state index in [1.807, 2.05) is 0 Å². The summed E-state index contributed by atoms with van der Waals surface area (Å²) < 4.78 is 32.0. The first-order valence-corrected chi connectivity index (χ1v) is 8.12. The molecule has 5 nitrogen and oxygen atoms in total. The predicted octanol–water partition coefficient (Wildman–Crippen LogP) is 2.87. The van der Waals surface area contributed by atoms with Crippen molar-refractivity contribution in [3.8, 4) is 5.75 Å². The van der Waals surface area contributed by atoms with Crippen LogP contribution >= 0.6 is 11.6 Å². The fraction of sp³-hybridized carbons (Fsp3) is 0.143. The summed E-state index contributed by atoms with van der Waals surface area (Å²) >= 11 is 5.88. The minimum absolute atomic E-state index is 0.227. The molecule has 0 spiro atoms. The lowest BCUT2D eigenvalue weighted by molar-refractivity contribution is 0.417. The highest BCUT2D eigenvalue weighted by atomic mass is 35.5. The Kier molecular flexibility index (Phi) is 4.59. The molecule has 2 aromatic carbocycles. The average molecular weight is 327 g/mol. The highest BCUT2D eigenvalue weighted by molar-refractivity contribution is 7.91. The zero-order valence-corrected chi connectivity index (χ0v) is 12.9. The average Bonchev–Trinajstić information content (AvgIpc) is 2.41. The smallest absolute Gasteiger partial charge is 0.237 e. The molecule has 7 heteroatoms. The Morgan fingerprint density at radius 2 is 1.95 bits per heavy atom. The zero-order chi connectivity index (χ0) is 15.5. The molecule has 2 aromatic rings. The van der Waals surface area contributed by atoms with Crippen molar-refractivity contribution in [1.82, 2.24) is 0 Å². The van der Waals surface area contributed by atoms with Crippen LogP contribution in [0.5, 0.6) is 5.75 Å². The van der Waals surface area contributed by atoms with Crippen molar-refractivity contribution in [3.63, 3.8) is 0 Å². The molecule has 21 heavy (non-hydrogen) atoms. The molecule has 0 bridgehead atoms. The van der Waals surface area contributed by atoms with Crippen LogP contribution in [-0.2, 0) is 15.8 Å². The van der Waals surface area contributed by atoms with E-state index in [2.05, 4.69) is 4.72 Å². The number of sulfonamides is 1. The topological polar surface area (TPSA) is 81.4 Å². The molecule has 0 saturated carbocycles. The summed E-state index contributed by atoms with van der Waals surface area (Å²) in [5, 5.41) is 0.410. The van der Waals surface area contributed by atoms with Crippen LogP contribution in [0.2, 0.25) is 5.02 Å². The SMILES string of the molecule is COc1ccc(Cl)cc1NS(=O)(=O)Cc1ccccc1N. The number of halogens is 1. The Bertz CT molecular complexity index is 748. The maximum atomic E-state index is 12.2. The first-order chi connectivity index (χ1) is 9.91. The minimum Gasteiger partial charge on any atom is -0.495 e. The van der Waals surface area contributed by atoms with Crippen LogP contribution < -0.4 is 15.2 Å². The summed E-state index contributed by atoms with van der Waals surface area (Å²) in [5.41, 5.74) is 7.02. The monoisotopic (exact) mass is 326 g/mol. The van der Waals surface area contributed by atoms with Gasteiger partial charge in [0.1, 0.15) is 5.75 Å². The van der Waals surface area contributed by atoms with E-state index in [1.54, 1.807) is 36.4 Å². The van der Waals surface area contributed by atoms with Gasteiger partial charge in [-0.25, -0.2) is 8.42 Å². The van der Waals surface area contributed by atoms with Gasteiger partial charge in [-0.05, 0) is 29.8 Å². The molecule has 2 rings (SSSR count). The number of benzene rings is 2. The van der Waals surface area contributed by atoms with E-state index in [-0.39, 0.29) is 5.75 Å². The molecule has 0 heterocycles. The van der Waals surface area contributed by atoms with Gasteiger partial charge in [0.2, 0.25) is 10.0 Å². The van der Waals surface area contributed by atoms with Gasteiger partial charge in [0, 0.05) is 10.7 Å². The molecule has 0 saturated heterocycles. The molecule has 0 aromatic heterocycles. The molecular formula is C14H15ClN2O3S. The van der Waals surface area contributed by atoms with Crippen LogP contribution in [0.25, 0.3) is 0 Å². The first-order valence-electron chi connectivity index (χ1n) is 6.09. The Morgan fingerprint density at radius 1 is 1.24 bits per heavy atom. The summed E-state index contributed by atoms with van der Waals surface area (Å²) in [7, 11) is -2.17. The Labute approximate surface area is 128 Å². The van der Waals surface area contributed by atoms with Crippen molar-refractivity contribution >= 4 is 33.0 Å². The molecule has 0 atom stereocenters. The number of anilines is 2. The van der Waals surface area contributed by atoms with Crippen molar-refractivity contribution in [2.45, 2.75) is 5.75 Å². The lowest BCUT2D eigenvalue weighted by Crippen LogP contribution is -2.16. The quantitative estimate of drug-likeness (QED) is 0.828. The Hall–Kier alpha value is -1.92. The number of nitrogen functional groups attached to an aromatic ring is 1. The molecule has 0 aliphatic carbocycles. The van der Waals surface area contributed by atoms with E-state index in [9.17, 15) is 8.42 Å². The van der Waals surface area contributed by atoms with E-state index >= 15 is 0 Å². The van der Waals surface area contributed by atoms with Gasteiger partial charge >= 0.3 is 0 Å². The van der Waals surface area contributed by atoms with Gasteiger partial charge in [-0.2, -0.15) is 0 Å². The summed E-state index contributed by atoms with van der Waals surface area (Å²) in [6, 6.07) is 11.5. The standard InChI is InChI=1S/C14H15ClN2O3S/c1-20-14-7-6-11(15)8-13(14)17-21(18,19)9-10-4-2-3-5-12(10)16/h2-8,17H,9,16H2,1H3. The second-order valence-electron chi connectivity index (χ2n) is 4.40. The zero-order valence-electron chi connectivity index (χ0n) is 11.3. The van der Waals surface area contributed by atoms with Gasteiger partial charge in [0.05, 0.1) is 18.6 Å². The maximum absolute atomic E-state index is 12.2. The molecule has 0 aliphatic rings. The molecule has 3 N–H and O–H groups in total. The fourth-order valence-electron chi connectivity index (χ4n) is 1.83. The van der Waals surface area contributed by atoms with Gasteiger partial charge in [0.15, 0.2) is 0 Å². The third-order valence-corrected chi connectivity index (χ3v) is 4.28. The molecule has 0 aliphatic heterocycles. The van der Waals surface area contributed by atoms with Crippen molar-refractivity contribution < 1.29 is 13.2 Å². The van der Waals surface area contributed by atoms with E-state index in [1.165, 1.54) is 13.2 Å². The van der Waals surface area contributed by atoms with Crippen LogP contribution in [0.4, 0.5) is 11.4 Å². The number of hydrogen-bond donors (Lipinski definition) is 2. The van der Waals surface area contributed by atoms with Gasteiger partial charge in [0.25, 0.3) is 0 Å². The lowest BCUT2D eigenvalue weighted by Gasteiger charge is -2.13. The molecule has 0 fully saturated rings. The van der Waals surface area contributed by atoms with E-state index in [4.69, 9.17) is 22.1 Å². The summed E-state index contributed by atoms with van der Waals surface area (Å²) in [6.07, 6.45) is 0. The highest BCUT2D eigenvalue weighted by Crippen LogP contribution is 2.29. The molecule has 0 radical (unpaired) electrons. The van der Waals surface area contributed by atoms with Crippen LogP contribution in [0.1, 0.15) is 5.56 Å². The van der Waals surface area contributed by atoms with Gasteiger partial charge < -0.3 is 10.5 Å². The van der Waals surface area contributed by atoms with Gasteiger partial charge in [-0.15, -0.1) is 0 Å². The molecule has 112 valence electrons. The van der Waals surface area contributed by atoms with Crippen LogP contribution in [-0.4, -0.2) is 15.5 Å². The minimum atomic E-state index is -3.63. The maximum Gasteiger partial charge on any atom is 0.237 e. The van der Waals surface area contributed by atoms with E-state index in [0.717, 1.165) is 0 Å². The molecule has 0 unspecified atom stereocenters. The summed E-state index contributed by atoms with van der Waals surface area (Å²) in [5.74, 6) is 0.166. The fourth-order valence-corrected chi connectivity index (χ4v) is 3.25. The number of nitrogens with two attached hydrogens (primary N) is 1. The molecular weight excluding hydrogens is 312 g/mol. The number of para-hydroxylation sites is 1. The number of nitrogens with one attached hydrogen (secondary N) is 1. The lowest BCUT2D eigenvalue weighted by atomic mass is 10.2. The summed E-state index contributed by atoms with van der Waals surface area (Å²) in [4.78, 5) is 0. The molecule has 0 amide bonds. The summed E-state index contributed by atoms with van der Waals surface area (Å²) in [6.45, 7) is 0. The number of rotatable bonds is 5. The van der Waals surface area contributed by atoms with Gasteiger partial charge in [-0.3, -0.25) is 4.72 Å². The first kappa shape index (κ1) is 15.5. The van der Waals surface area contributed by atoms with Crippen LogP contribution in [0.3, 0.4) is 0 Å². The Balaban J connectivity index is 2.26. The largest absolute Gasteiger partial charge is 0.495 e. The van der Waals surface area contributed by atoms with Crippen LogP contribution in [0, 0.1) is 0 Å². The van der Waals surface area contributed by atoms with Crippen molar-refractivity contribution in [2.24, 2.45) is 0 Å². The van der Waals surface area contributed by atoms with Crippen LogP contribution in [0.15, 0.2) is 42.5 Å². The van der Waals surface area contributed by atoms with Crippen molar-refractivity contribution in [2.75, 3.05) is 17.6 Å². The normalized spacial score (nSPS) is 11.1. The van der Waals surface area contributed by atoms with E-state index in [0.29, 0.717) is 27.7 Å². The Morgan fingerprint density at radius 3 is 2.62 bits per heavy atom.